The van der Waals surface area contributed by atoms with E-state index in [1.807, 2.05) is 6.92 Å². The van der Waals surface area contributed by atoms with E-state index in [1.54, 1.807) is 21.0 Å². The molecule has 1 atom stereocenters. The van der Waals surface area contributed by atoms with Gasteiger partial charge >= 0.3 is 5.97 Å². The minimum absolute atomic E-state index is 0.356. The summed E-state index contributed by atoms with van der Waals surface area (Å²) in [5.41, 5.74) is 4.98. The molecule has 0 spiro atoms. The minimum atomic E-state index is -0.959. The molecule has 5 heteroatoms. The molecule has 0 bridgehead atoms. The molecule has 1 unspecified atom stereocenters. The zero-order chi connectivity index (χ0) is 12.6. The van der Waals surface area contributed by atoms with Crippen LogP contribution in [0.5, 0.6) is 0 Å². The number of hydrogen-bond donors (Lipinski definition) is 1. The highest BCUT2D eigenvalue weighted by Crippen LogP contribution is 2.06. The van der Waals surface area contributed by atoms with Crippen molar-refractivity contribution in [1.82, 2.24) is 4.90 Å². The average molecular weight is 232 g/mol. The van der Waals surface area contributed by atoms with E-state index in [-0.39, 0.29) is 5.97 Å². The molecule has 2 N–H and O–H groups in total. The Labute approximate surface area is 97.9 Å². The Kier molecular flexibility index (Phi) is 7.29. The van der Waals surface area contributed by atoms with Crippen LogP contribution >= 0.6 is 0 Å². The number of methoxy groups -OCH3 is 1. The van der Waals surface area contributed by atoms with Crippen LogP contribution < -0.4 is 5.73 Å². The number of ether oxygens (including phenoxy) is 2. The van der Waals surface area contributed by atoms with Crippen molar-refractivity contribution >= 4 is 5.97 Å². The summed E-state index contributed by atoms with van der Waals surface area (Å²) in [5, 5.41) is 0. The van der Waals surface area contributed by atoms with Crippen LogP contribution in [-0.4, -0.2) is 56.4 Å². The van der Waals surface area contributed by atoms with Gasteiger partial charge in [-0.2, -0.15) is 0 Å². The third-order valence-corrected chi connectivity index (χ3v) is 2.35. The van der Waals surface area contributed by atoms with Gasteiger partial charge in [0.25, 0.3) is 0 Å². The summed E-state index contributed by atoms with van der Waals surface area (Å²) in [6, 6.07) is 0. The van der Waals surface area contributed by atoms with E-state index in [0.717, 1.165) is 13.1 Å². The molecule has 0 rings (SSSR count). The Balaban J connectivity index is 4.23. The van der Waals surface area contributed by atoms with Gasteiger partial charge in [0.1, 0.15) is 5.54 Å². The maximum atomic E-state index is 11.6. The summed E-state index contributed by atoms with van der Waals surface area (Å²) in [6.07, 6.45) is 0. The largest absolute Gasteiger partial charge is 0.465 e. The number of hydrogen-bond acceptors (Lipinski definition) is 5. The lowest BCUT2D eigenvalue weighted by Crippen LogP contribution is -2.55. The molecular weight excluding hydrogens is 208 g/mol. The smallest absolute Gasteiger partial charge is 0.327 e. The Morgan fingerprint density at radius 2 is 2.06 bits per heavy atom. The predicted molar refractivity (Wildman–Crippen MR) is 63.2 cm³/mol. The second kappa shape index (κ2) is 7.60. The lowest BCUT2D eigenvalue weighted by molar-refractivity contribution is -0.149. The molecule has 0 aliphatic heterocycles. The van der Waals surface area contributed by atoms with E-state index in [4.69, 9.17) is 15.2 Å². The molecule has 0 amide bonds. The first-order chi connectivity index (χ1) is 7.47. The quantitative estimate of drug-likeness (QED) is 0.607. The van der Waals surface area contributed by atoms with E-state index in [1.165, 1.54) is 0 Å². The maximum absolute atomic E-state index is 11.6. The molecule has 5 nitrogen and oxygen atoms in total. The fraction of sp³-hybridized carbons (Fsp3) is 0.909. The normalized spacial score (nSPS) is 14.9. The van der Waals surface area contributed by atoms with Crippen molar-refractivity contribution in [2.24, 2.45) is 5.73 Å². The summed E-state index contributed by atoms with van der Waals surface area (Å²) in [5.74, 6) is -0.356. The zero-order valence-corrected chi connectivity index (χ0v) is 10.8. The fourth-order valence-electron chi connectivity index (χ4n) is 1.39. The van der Waals surface area contributed by atoms with Crippen molar-refractivity contribution in [2.45, 2.75) is 26.3 Å². The third-order valence-electron chi connectivity index (χ3n) is 2.35. The molecule has 0 saturated carbocycles. The van der Waals surface area contributed by atoms with Gasteiger partial charge < -0.3 is 15.2 Å². The average Bonchev–Trinajstić information content (AvgIpc) is 2.24. The highest BCUT2D eigenvalue weighted by molar-refractivity contribution is 5.80. The number of carbonyl (C=O) groups excluding carboxylic acids is 1. The van der Waals surface area contributed by atoms with Crippen molar-refractivity contribution in [2.75, 3.05) is 40.0 Å². The van der Waals surface area contributed by atoms with Crippen molar-refractivity contribution in [3.8, 4) is 0 Å². The van der Waals surface area contributed by atoms with Crippen molar-refractivity contribution < 1.29 is 14.3 Å². The minimum Gasteiger partial charge on any atom is -0.465 e. The van der Waals surface area contributed by atoms with Crippen LogP contribution in [0.15, 0.2) is 0 Å². The van der Waals surface area contributed by atoms with Crippen molar-refractivity contribution in [3.05, 3.63) is 0 Å². The molecule has 96 valence electrons. The van der Waals surface area contributed by atoms with Crippen LogP contribution in [0.4, 0.5) is 0 Å². The summed E-state index contributed by atoms with van der Waals surface area (Å²) in [6.45, 7) is 8.55. The van der Waals surface area contributed by atoms with Gasteiger partial charge in [0.2, 0.25) is 0 Å². The number of rotatable bonds is 8. The Hall–Kier alpha value is -0.650. The first kappa shape index (κ1) is 15.3. The lowest BCUT2D eigenvalue weighted by Gasteiger charge is -2.29. The Morgan fingerprint density at radius 1 is 1.44 bits per heavy atom. The second-order valence-electron chi connectivity index (χ2n) is 4.00. The SMILES string of the molecule is CCOC(=O)C(C)(N)CN(CC)CCOC. The molecule has 0 aromatic heterocycles. The van der Waals surface area contributed by atoms with Gasteiger partial charge in [-0.25, -0.2) is 0 Å². The van der Waals surface area contributed by atoms with Crippen LogP contribution in [0.25, 0.3) is 0 Å². The van der Waals surface area contributed by atoms with Gasteiger partial charge in [0.05, 0.1) is 13.2 Å². The molecule has 0 aliphatic rings. The number of likely N-dealkylation sites (N-methyl/N-ethyl adjacent to an activating group) is 1. The predicted octanol–water partition coefficient (Wildman–Crippen LogP) is 0.235. The molecule has 0 fully saturated rings. The molecule has 0 aromatic carbocycles. The molecule has 16 heavy (non-hydrogen) atoms. The number of nitrogens with two attached hydrogens (primary N) is 1. The number of nitrogens with zero attached hydrogens (tertiary/aromatic N) is 1. The van der Waals surface area contributed by atoms with Crippen molar-refractivity contribution in [1.29, 1.82) is 0 Å². The molecule has 0 heterocycles. The van der Waals surface area contributed by atoms with E-state index in [9.17, 15) is 4.79 Å². The molecule has 0 saturated heterocycles. The Bertz CT molecular complexity index is 207. The zero-order valence-electron chi connectivity index (χ0n) is 10.8. The Morgan fingerprint density at radius 3 is 2.50 bits per heavy atom. The molecule has 0 aromatic rings. The molecule has 0 aliphatic carbocycles. The number of esters is 1. The highest BCUT2D eigenvalue weighted by atomic mass is 16.5. The van der Waals surface area contributed by atoms with Crippen molar-refractivity contribution in [3.63, 3.8) is 0 Å². The van der Waals surface area contributed by atoms with E-state index < -0.39 is 5.54 Å². The van der Waals surface area contributed by atoms with E-state index in [2.05, 4.69) is 4.90 Å². The third kappa shape index (κ3) is 5.44. The summed E-state index contributed by atoms with van der Waals surface area (Å²) < 4.78 is 9.93. The van der Waals surface area contributed by atoms with E-state index in [0.29, 0.717) is 19.8 Å². The van der Waals surface area contributed by atoms with Gasteiger partial charge in [-0.15, -0.1) is 0 Å². The molecular formula is C11H24N2O3. The van der Waals surface area contributed by atoms with Gasteiger partial charge in [-0.05, 0) is 20.4 Å². The molecule has 0 radical (unpaired) electrons. The van der Waals surface area contributed by atoms with Crippen LogP contribution in [0.2, 0.25) is 0 Å². The fourth-order valence-corrected chi connectivity index (χ4v) is 1.39. The lowest BCUT2D eigenvalue weighted by atomic mass is 10.0. The van der Waals surface area contributed by atoms with Gasteiger partial charge in [-0.3, -0.25) is 9.69 Å². The van der Waals surface area contributed by atoms with Crippen LogP contribution in [0, 0.1) is 0 Å². The van der Waals surface area contributed by atoms with E-state index >= 15 is 0 Å². The standard InChI is InChI=1S/C11H24N2O3/c1-5-13(7-8-15-4)9-11(3,12)10(14)16-6-2/h5-9,12H2,1-4H3. The van der Waals surface area contributed by atoms with Crippen LogP contribution in [0.1, 0.15) is 20.8 Å². The topological polar surface area (TPSA) is 64.8 Å². The number of carbonyl (C=O) groups is 1. The summed E-state index contributed by atoms with van der Waals surface area (Å²) in [7, 11) is 1.65. The van der Waals surface area contributed by atoms with Crippen LogP contribution in [0.3, 0.4) is 0 Å². The highest BCUT2D eigenvalue weighted by Gasteiger charge is 2.31. The first-order valence-electron chi connectivity index (χ1n) is 5.65. The van der Waals surface area contributed by atoms with Gasteiger partial charge in [0.15, 0.2) is 0 Å². The summed E-state index contributed by atoms with van der Waals surface area (Å²) >= 11 is 0. The maximum Gasteiger partial charge on any atom is 0.327 e. The monoisotopic (exact) mass is 232 g/mol. The van der Waals surface area contributed by atoms with Gasteiger partial charge in [0, 0.05) is 20.2 Å². The van der Waals surface area contributed by atoms with Gasteiger partial charge in [-0.1, -0.05) is 6.92 Å². The van der Waals surface area contributed by atoms with Crippen LogP contribution in [-0.2, 0) is 14.3 Å². The second-order valence-corrected chi connectivity index (χ2v) is 4.00. The summed E-state index contributed by atoms with van der Waals surface area (Å²) in [4.78, 5) is 13.7. The first-order valence-corrected chi connectivity index (χ1v) is 5.65.